The molecule has 0 aliphatic heterocycles. The molecule has 0 unspecified atom stereocenters. The molecule has 0 aliphatic carbocycles. The van der Waals surface area contributed by atoms with Gasteiger partial charge in [-0.2, -0.15) is 0 Å². The van der Waals surface area contributed by atoms with Crippen molar-refractivity contribution in [2.45, 2.75) is 12.8 Å². The second kappa shape index (κ2) is 4.29. The fourth-order valence-corrected chi connectivity index (χ4v) is 1.60. The minimum atomic E-state index is 0.793. The minimum Gasteiger partial charge on any atom is -0.349 e. The van der Waals surface area contributed by atoms with E-state index in [1.165, 1.54) is 5.56 Å². The van der Waals surface area contributed by atoms with Crippen LogP contribution in [-0.2, 0) is 12.8 Å². The lowest BCUT2D eigenvalue weighted by atomic mass is 10.1. The van der Waals surface area contributed by atoms with Crippen LogP contribution in [0.2, 0.25) is 5.02 Å². The lowest BCUT2D eigenvalue weighted by molar-refractivity contribution is 0.884. The monoisotopic (exact) mass is 206 g/mol. The largest absolute Gasteiger partial charge is 0.349 e. The van der Waals surface area contributed by atoms with Crippen LogP contribution in [0.5, 0.6) is 0 Å². The average molecular weight is 207 g/mol. The van der Waals surface area contributed by atoms with Crippen molar-refractivity contribution in [3.8, 4) is 0 Å². The summed E-state index contributed by atoms with van der Waals surface area (Å²) in [4.78, 5) is 7.24. The van der Waals surface area contributed by atoms with Crippen molar-refractivity contribution in [1.82, 2.24) is 9.97 Å². The number of aryl methyl sites for hydroxylation is 2. The number of aromatic amines is 1. The topological polar surface area (TPSA) is 28.7 Å². The first kappa shape index (κ1) is 9.28. The molecule has 0 saturated carbocycles. The highest BCUT2D eigenvalue weighted by atomic mass is 35.5. The highest BCUT2D eigenvalue weighted by molar-refractivity contribution is 6.30. The van der Waals surface area contributed by atoms with Gasteiger partial charge in [-0.1, -0.05) is 23.7 Å². The molecular weight excluding hydrogens is 196 g/mol. The number of nitrogens with zero attached hydrogens (tertiary/aromatic N) is 1. The third-order valence-corrected chi connectivity index (χ3v) is 2.33. The number of halogens is 1. The summed E-state index contributed by atoms with van der Waals surface area (Å²) in [5.41, 5.74) is 1.24. The van der Waals surface area contributed by atoms with Crippen LogP contribution in [0.3, 0.4) is 0 Å². The van der Waals surface area contributed by atoms with Gasteiger partial charge in [0.25, 0.3) is 0 Å². The van der Waals surface area contributed by atoms with Crippen molar-refractivity contribution in [2.75, 3.05) is 0 Å². The summed E-state index contributed by atoms with van der Waals surface area (Å²) in [6.45, 7) is 0. The number of nitrogens with one attached hydrogen (secondary N) is 1. The SMILES string of the molecule is Clc1cccc(CCc2ncc[nH]2)c1. The predicted molar refractivity (Wildman–Crippen MR) is 57.4 cm³/mol. The molecule has 2 nitrogen and oxygen atoms in total. The van der Waals surface area contributed by atoms with Crippen LogP contribution in [0.25, 0.3) is 0 Å². The number of rotatable bonds is 3. The van der Waals surface area contributed by atoms with Crippen LogP contribution in [0.1, 0.15) is 11.4 Å². The van der Waals surface area contributed by atoms with Gasteiger partial charge in [0.15, 0.2) is 0 Å². The molecule has 1 aromatic carbocycles. The van der Waals surface area contributed by atoms with Gasteiger partial charge >= 0.3 is 0 Å². The molecule has 0 atom stereocenters. The molecule has 1 aromatic heterocycles. The number of imidazole rings is 1. The highest BCUT2D eigenvalue weighted by Gasteiger charge is 1.97. The normalized spacial score (nSPS) is 10.4. The molecule has 2 rings (SSSR count). The van der Waals surface area contributed by atoms with Crippen molar-refractivity contribution in [3.63, 3.8) is 0 Å². The molecule has 14 heavy (non-hydrogen) atoms. The first-order valence-electron chi connectivity index (χ1n) is 4.57. The van der Waals surface area contributed by atoms with Crippen molar-refractivity contribution < 1.29 is 0 Å². The Morgan fingerprint density at radius 3 is 2.93 bits per heavy atom. The lowest BCUT2D eigenvalue weighted by Gasteiger charge is -1.99. The molecule has 0 bridgehead atoms. The van der Waals surface area contributed by atoms with E-state index in [0.29, 0.717) is 0 Å². The Kier molecular flexibility index (Phi) is 2.84. The fraction of sp³-hybridized carbons (Fsp3) is 0.182. The molecule has 0 radical (unpaired) electrons. The summed E-state index contributed by atoms with van der Waals surface area (Å²) >= 11 is 5.88. The van der Waals surface area contributed by atoms with E-state index in [0.717, 1.165) is 23.7 Å². The number of hydrogen-bond acceptors (Lipinski definition) is 1. The molecule has 1 N–H and O–H groups in total. The Morgan fingerprint density at radius 2 is 2.21 bits per heavy atom. The van der Waals surface area contributed by atoms with Gasteiger partial charge in [-0.15, -0.1) is 0 Å². The minimum absolute atomic E-state index is 0.793. The lowest BCUT2D eigenvalue weighted by Crippen LogP contribution is -1.92. The van der Waals surface area contributed by atoms with E-state index < -0.39 is 0 Å². The molecule has 0 aliphatic rings. The average Bonchev–Trinajstić information content (AvgIpc) is 2.67. The molecule has 0 amide bonds. The van der Waals surface area contributed by atoms with E-state index in [2.05, 4.69) is 16.0 Å². The maximum atomic E-state index is 5.88. The molecule has 1 heterocycles. The number of hydrogen-bond donors (Lipinski definition) is 1. The summed E-state index contributed by atoms with van der Waals surface area (Å²) in [6.07, 6.45) is 5.50. The Labute approximate surface area is 88.0 Å². The summed E-state index contributed by atoms with van der Waals surface area (Å²) in [5, 5.41) is 0.793. The quantitative estimate of drug-likeness (QED) is 0.822. The molecule has 3 heteroatoms. The van der Waals surface area contributed by atoms with E-state index in [1.807, 2.05) is 24.4 Å². The Morgan fingerprint density at radius 1 is 1.29 bits per heavy atom. The maximum Gasteiger partial charge on any atom is 0.106 e. The molecule has 0 fully saturated rings. The third kappa shape index (κ3) is 2.36. The Hall–Kier alpha value is -1.28. The zero-order valence-electron chi connectivity index (χ0n) is 7.70. The molecule has 0 saturated heterocycles. The van der Waals surface area contributed by atoms with Gasteiger partial charge in [0.2, 0.25) is 0 Å². The highest BCUT2D eigenvalue weighted by Crippen LogP contribution is 2.12. The Balaban J connectivity index is 1.98. The van der Waals surface area contributed by atoms with E-state index in [1.54, 1.807) is 6.20 Å². The van der Waals surface area contributed by atoms with Gasteiger partial charge in [0.1, 0.15) is 5.82 Å². The van der Waals surface area contributed by atoms with Crippen LogP contribution in [-0.4, -0.2) is 9.97 Å². The number of benzene rings is 1. The van der Waals surface area contributed by atoms with E-state index in [4.69, 9.17) is 11.6 Å². The maximum absolute atomic E-state index is 5.88. The second-order valence-corrected chi connectivity index (χ2v) is 3.60. The van der Waals surface area contributed by atoms with Crippen molar-refractivity contribution in [3.05, 3.63) is 53.1 Å². The summed E-state index contributed by atoms with van der Waals surface area (Å²) in [5.74, 6) is 1.02. The number of H-pyrrole nitrogens is 1. The van der Waals surface area contributed by atoms with Gasteiger partial charge in [0, 0.05) is 23.8 Å². The fourth-order valence-electron chi connectivity index (χ4n) is 1.39. The summed E-state index contributed by atoms with van der Waals surface area (Å²) < 4.78 is 0. The third-order valence-electron chi connectivity index (χ3n) is 2.09. The zero-order chi connectivity index (χ0) is 9.80. The molecular formula is C11H11ClN2. The van der Waals surface area contributed by atoms with E-state index in [-0.39, 0.29) is 0 Å². The first-order valence-corrected chi connectivity index (χ1v) is 4.95. The van der Waals surface area contributed by atoms with Gasteiger partial charge in [-0.3, -0.25) is 0 Å². The van der Waals surface area contributed by atoms with Crippen LogP contribution in [0, 0.1) is 0 Å². The first-order chi connectivity index (χ1) is 6.84. The van der Waals surface area contributed by atoms with Crippen molar-refractivity contribution in [1.29, 1.82) is 0 Å². The van der Waals surface area contributed by atoms with Crippen LogP contribution in [0.4, 0.5) is 0 Å². The zero-order valence-corrected chi connectivity index (χ0v) is 8.46. The molecule has 0 spiro atoms. The van der Waals surface area contributed by atoms with Crippen LogP contribution >= 0.6 is 11.6 Å². The molecule has 72 valence electrons. The summed E-state index contributed by atoms with van der Waals surface area (Å²) in [6, 6.07) is 7.93. The second-order valence-electron chi connectivity index (χ2n) is 3.17. The number of aromatic nitrogens is 2. The van der Waals surface area contributed by atoms with Gasteiger partial charge in [0.05, 0.1) is 0 Å². The van der Waals surface area contributed by atoms with Crippen molar-refractivity contribution >= 4 is 11.6 Å². The predicted octanol–water partition coefficient (Wildman–Crippen LogP) is 2.85. The van der Waals surface area contributed by atoms with E-state index in [9.17, 15) is 0 Å². The standard InChI is InChI=1S/C11H11ClN2/c12-10-3-1-2-9(8-10)4-5-11-13-6-7-14-11/h1-3,6-8H,4-5H2,(H,13,14). The van der Waals surface area contributed by atoms with Gasteiger partial charge in [-0.25, -0.2) is 4.98 Å². The smallest absolute Gasteiger partial charge is 0.106 e. The summed E-state index contributed by atoms with van der Waals surface area (Å²) in [7, 11) is 0. The van der Waals surface area contributed by atoms with Crippen molar-refractivity contribution in [2.24, 2.45) is 0 Å². The van der Waals surface area contributed by atoms with Crippen LogP contribution < -0.4 is 0 Å². The van der Waals surface area contributed by atoms with E-state index >= 15 is 0 Å². The molecule has 2 aromatic rings. The van der Waals surface area contributed by atoms with Crippen LogP contribution in [0.15, 0.2) is 36.7 Å². The Bertz CT molecular complexity index is 395. The van der Waals surface area contributed by atoms with Gasteiger partial charge < -0.3 is 4.98 Å². The van der Waals surface area contributed by atoms with Gasteiger partial charge in [-0.05, 0) is 24.1 Å².